The topological polar surface area (TPSA) is 45.2 Å². The molecule has 1 fully saturated rings. The first-order chi connectivity index (χ1) is 10.9. The molecule has 0 atom stereocenters. The summed E-state index contributed by atoms with van der Waals surface area (Å²) in [5.74, 6) is 0.0857. The van der Waals surface area contributed by atoms with E-state index in [0.29, 0.717) is 18.7 Å². The number of likely N-dealkylation sites (tertiary alicyclic amines) is 1. The van der Waals surface area contributed by atoms with E-state index in [-0.39, 0.29) is 17.4 Å². The van der Waals surface area contributed by atoms with Crippen molar-refractivity contribution in [1.82, 2.24) is 9.88 Å². The van der Waals surface area contributed by atoms with E-state index >= 15 is 0 Å². The van der Waals surface area contributed by atoms with Gasteiger partial charge in [0.05, 0.1) is 11.1 Å². The lowest BCUT2D eigenvalue weighted by atomic mass is 10.1. The molecule has 2 aromatic rings. The zero-order valence-electron chi connectivity index (χ0n) is 12.1. The zero-order chi connectivity index (χ0) is 16.4. The lowest BCUT2D eigenvalue weighted by Gasteiger charge is -2.31. The third kappa shape index (κ3) is 3.28. The predicted octanol–water partition coefficient (Wildman–Crippen LogP) is 3.69. The zero-order valence-corrected chi connectivity index (χ0v) is 12.1. The van der Waals surface area contributed by atoms with Gasteiger partial charge in [-0.1, -0.05) is 6.07 Å². The maximum absolute atomic E-state index is 12.8. The highest BCUT2D eigenvalue weighted by Crippen LogP contribution is 2.31. The average Bonchev–Trinajstić information content (AvgIpc) is 2.45. The molecule has 0 aliphatic carbocycles. The molecule has 1 aliphatic rings. The minimum Gasteiger partial charge on any atom is -0.340 e. The number of carbonyl (C=O) groups is 1. The van der Waals surface area contributed by atoms with Gasteiger partial charge in [0.15, 0.2) is 0 Å². The molecule has 1 aromatic heterocycles. The lowest BCUT2D eigenvalue weighted by Crippen LogP contribution is -2.42. The number of nitrogens with one attached hydrogen (secondary N) is 1. The number of pyridine rings is 1. The van der Waals surface area contributed by atoms with Gasteiger partial charge in [0.2, 0.25) is 0 Å². The van der Waals surface area contributed by atoms with Crippen LogP contribution in [0.15, 0.2) is 42.6 Å². The maximum atomic E-state index is 12.8. The third-order valence-corrected chi connectivity index (χ3v) is 3.63. The van der Waals surface area contributed by atoms with Gasteiger partial charge in [-0.25, -0.2) is 4.98 Å². The van der Waals surface area contributed by atoms with Crippen molar-refractivity contribution in [2.24, 2.45) is 0 Å². The molecule has 4 nitrogen and oxygen atoms in total. The predicted molar refractivity (Wildman–Crippen MR) is 79.5 cm³/mol. The summed E-state index contributed by atoms with van der Waals surface area (Å²) < 4.78 is 38.3. The van der Waals surface area contributed by atoms with E-state index in [2.05, 4.69) is 10.3 Å². The van der Waals surface area contributed by atoms with Crippen molar-refractivity contribution in [3.05, 3.63) is 53.7 Å². The van der Waals surface area contributed by atoms with Crippen molar-refractivity contribution in [1.29, 1.82) is 0 Å². The van der Waals surface area contributed by atoms with Crippen LogP contribution in [-0.4, -0.2) is 28.9 Å². The highest BCUT2D eigenvalue weighted by Gasteiger charge is 2.30. The van der Waals surface area contributed by atoms with E-state index < -0.39 is 11.7 Å². The molecule has 1 aromatic carbocycles. The smallest absolute Gasteiger partial charge is 0.340 e. The van der Waals surface area contributed by atoms with Crippen LogP contribution in [0.5, 0.6) is 0 Å². The Balaban J connectivity index is 1.87. The van der Waals surface area contributed by atoms with Gasteiger partial charge in [0, 0.05) is 25.0 Å². The number of alkyl halides is 3. The first-order valence-corrected chi connectivity index (χ1v) is 7.14. The fourth-order valence-corrected chi connectivity index (χ4v) is 2.28. The molecule has 23 heavy (non-hydrogen) atoms. The van der Waals surface area contributed by atoms with E-state index in [4.69, 9.17) is 0 Å². The molecular weight excluding hydrogens is 307 g/mol. The van der Waals surface area contributed by atoms with Gasteiger partial charge in [-0.05, 0) is 36.8 Å². The number of carbonyl (C=O) groups excluding carboxylic acids is 1. The normalized spacial score (nSPS) is 14.3. The van der Waals surface area contributed by atoms with Gasteiger partial charge in [-0.2, -0.15) is 13.2 Å². The Hall–Kier alpha value is -2.57. The molecule has 2 heterocycles. The first-order valence-electron chi connectivity index (χ1n) is 7.14. The molecule has 3 rings (SSSR count). The second-order valence-corrected chi connectivity index (χ2v) is 5.25. The summed E-state index contributed by atoms with van der Waals surface area (Å²) in [6, 6.07) is 8.04. The highest BCUT2D eigenvalue weighted by atomic mass is 19.4. The van der Waals surface area contributed by atoms with Crippen molar-refractivity contribution in [2.45, 2.75) is 12.6 Å². The summed E-state index contributed by atoms with van der Waals surface area (Å²) in [4.78, 5) is 18.1. The van der Waals surface area contributed by atoms with E-state index in [1.54, 1.807) is 17.0 Å². The molecule has 120 valence electrons. The minimum atomic E-state index is -4.42. The molecule has 0 saturated carbocycles. The summed E-state index contributed by atoms with van der Waals surface area (Å²) in [5, 5.41) is 2.81. The number of halogens is 3. The van der Waals surface area contributed by atoms with Crippen molar-refractivity contribution in [2.75, 3.05) is 18.4 Å². The largest absolute Gasteiger partial charge is 0.416 e. The number of rotatable bonds is 3. The minimum absolute atomic E-state index is 0.168. The molecule has 0 bridgehead atoms. The van der Waals surface area contributed by atoms with E-state index in [1.165, 1.54) is 18.3 Å². The van der Waals surface area contributed by atoms with Gasteiger partial charge in [0.25, 0.3) is 5.91 Å². The van der Waals surface area contributed by atoms with Gasteiger partial charge in [0.1, 0.15) is 5.82 Å². The molecule has 1 saturated heterocycles. The summed E-state index contributed by atoms with van der Waals surface area (Å²) in [7, 11) is 0. The average molecular weight is 321 g/mol. The monoisotopic (exact) mass is 321 g/mol. The van der Waals surface area contributed by atoms with Crippen LogP contribution in [0, 0.1) is 0 Å². The Kier molecular flexibility index (Phi) is 3.94. The molecule has 1 aliphatic heterocycles. The molecule has 1 N–H and O–H groups in total. The standard InChI is InChI=1S/C16H14F3N3O/c17-16(18,19)11-4-1-5-12(10-11)21-14-13(6-2-7-20-14)15(23)22-8-3-9-22/h1-2,4-7,10H,3,8-9H2,(H,20,21). The first kappa shape index (κ1) is 15.3. The van der Waals surface area contributed by atoms with E-state index in [1.807, 2.05) is 0 Å². The number of amides is 1. The van der Waals surface area contributed by atoms with Gasteiger partial charge >= 0.3 is 6.18 Å². The number of anilines is 2. The Morgan fingerprint density at radius 3 is 2.61 bits per heavy atom. The van der Waals surface area contributed by atoms with Crippen molar-refractivity contribution < 1.29 is 18.0 Å². The summed E-state index contributed by atoms with van der Waals surface area (Å²) in [5.41, 5.74) is -0.171. The number of aromatic nitrogens is 1. The fourth-order valence-electron chi connectivity index (χ4n) is 2.28. The van der Waals surface area contributed by atoms with Crippen molar-refractivity contribution in [3.8, 4) is 0 Å². The summed E-state index contributed by atoms with van der Waals surface area (Å²) in [6.45, 7) is 1.38. The number of hydrogen-bond donors (Lipinski definition) is 1. The molecule has 7 heteroatoms. The second-order valence-electron chi connectivity index (χ2n) is 5.25. The van der Waals surface area contributed by atoms with Crippen LogP contribution in [0.25, 0.3) is 0 Å². The molecule has 0 spiro atoms. The van der Waals surface area contributed by atoms with Crippen LogP contribution >= 0.6 is 0 Å². The Morgan fingerprint density at radius 1 is 1.17 bits per heavy atom. The number of nitrogens with zero attached hydrogens (tertiary/aromatic N) is 2. The number of benzene rings is 1. The fraction of sp³-hybridized carbons (Fsp3) is 0.250. The van der Waals surface area contributed by atoms with E-state index in [9.17, 15) is 18.0 Å². The Labute approximate surface area is 130 Å². The van der Waals surface area contributed by atoms with E-state index in [0.717, 1.165) is 18.6 Å². The second kappa shape index (κ2) is 5.91. The Bertz CT molecular complexity index is 727. The maximum Gasteiger partial charge on any atom is 0.416 e. The van der Waals surface area contributed by atoms with Gasteiger partial charge in [-0.15, -0.1) is 0 Å². The lowest BCUT2D eigenvalue weighted by molar-refractivity contribution is -0.137. The third-order valence-electron chi connectivity index (χ3n) is 3.63. The van der Waals surface area contributed by atoms with Crippen molar-refractivity contribution >= 4 is 17.4 Å². The van der Waals surface area contributed by atoms with Crippen LogP contribution in [0.3, 0.4) is 0 Å². The molecule has 0 radical (unpaired) electrons. The Morgan fingerprint density at radius 2 is 1.96 bits per heavy atom. The highest BCUT2D eigenvalue weighted by molar-refractivity contribution is 5.99. The SMILES string of the molecule is O=C(c1cccnc1Nc1cccc(C(F)(F)F)c1)N1CCC1. The summed E-state index contributed by atoms with van der Waals surface area (Å²) >= 11 is 0. The van der Waals surface area contributed by atoms with Crippen LogP contribution in [0.1, 0.15) is 22.3 Å². The van der Waals surface area contributed by atoms with Gasteiger partial charge < -0.3 is 10.2 Å². The van der Waals surface area contributed by atoms with Crippen LogP contribution in [-0.2, 0) is 6.18 Å². The molecule has 1 amide bonds. The molecular formula is C16H14F3N3O. The summed E-state index contributed by atoms with van der Waals surface area (Å²) in [6.07, 6.45) is -1.97. The molecule has 0 unspecified atom stereocenters. The van der Waals surface area contributed by atoms with Crippen LogP contribution < -0.4 is 5.32 Å². The van der Waals surface area contributed by atoms with Gasteiger partial charge in [-0.3, -0.25) is 4.79 Å². The quantitative estimate of drug-likeness (QED) is 0.938. The van der Waals surface area contributed by atoms with Crippen LogP contribution in [0.2, 0.25) is 0 Å². The number of hydrogen-bond acceptors (Lipinski definition) is 3. The van der Waals surface area contributed by atoms with Crippen molar-refractivity contribution in [3.63, 3.8) is 0 Å². The van der Waals surface area contributed by atoms with Crippen LogP contribution in [0.4, 0.5) is 24.7 Å².